The minimum Gasteiger partial charge on any atom is -0.355 e. The average molecular weight is 377 g/mol. The molecular formula is C19H28N4O2S. The molecule has 0 saturated heterocycles. The van der Waals surface area contributed by atoms with E-state index >= 15 is 0 Å². The minimum atomic E-state index is -0.317. The maximum absolute atomic E-state index is 13.0. The number of carbonyl (C=O) groups excluding carboxylic acids is 1. The predicted octanol–water partition coefficient (Wildman–Crippen LogP) is 2.36. The lowest BCUT2D eigenvalue weighted by atomic mass is 10.2. The minimum absolute atomic E-state index is 0.0461. The first-order valence-corrected chi connectivity index (χ1v) is 10.1. The molecule has 0 spiro atoms. The van der Waals surface area contributed by atoms with Gasteiger partial charge in [-0.05, 0) is 39.1 Å². The van der Waals surface area contributed by atoms with Crippen molar-refractivity contribution in [3.05, 3.63) is 34.6 Å². The summed E-state index contributed by atoms with van der Waals surface area (Å²) < 4.78 is 1.71. The van der Waals surface area contributed by atoms with E-state index in [1.807, 2.05) is 32.0 Å². The molecule has 0 saturated carbocycles. The molecule has 1 aromatic heterocycles. The van der Waals surface area contributed by atoms with E-state index in [1.165, 1.54) is 11.8 Å². The first kappa shape index (κ1) is 20.5. The molecule has 1 atom stereocenters. The van der Waals surface area contributed by atoms with Crippen LogP contribution in [0.25, 0.3) is 10.9 Å². The molecule has 1 N–H and O–H groups in total. The fourth-order valence-electron chi connectivity index (χ4n) is 2.75. The number of rotatable bonds is 9. The van der Waals surface area contributed by atoms with Gasteiger partial charge in [0.1, 0.15) is 0 Å². The maximum atomic E-state index is 13.0. The van der Waals surface area contributed by atoms with Crippen molar-refractivity contribution in [1.29, 1.82) is 0 Å². The Morgan fingerprint density at radius 2 is 1.96 bits per heavy atom. The van der Waals surface area contributed by atoms with Crippen LogP contribution in [0, 0.1) is 0 Å². The van der Waals surface area contributed by atoms with E-state index in [0.717, 1.165) is 19.6 Å². The Morgan fingerprint density at radius 1 is 1.27 bits per heavy atom. The van der Waals surface area contributed by atoms with Crippen molar-refractivity contribution in [2.45, 2.75) is 44.6 Å². The van der Waals surface area contributed by atoms with Crippen molar-refractivity contribution in [1.82, 2.24) is 19.8 Å². The molecular weight excluding hydrogens is 348 g/mol. The quantitative estimate of drug-likeness (QED) is 0.537. The van der Waals surface area contributed by atoms with Crippen LogP contribution in [0.5, 0.6) is 0 Å². The van der Waals surface area contributed by atoms with Crippen LogP contribution in [0.15, 0.2) is 34.2 Å². The Balaban J connectivity index is 2.40. The number of amides is 1. The summed E-state index contributed by atoms with van der Waals surface area (Å²) >= 11 is 1.34. The Hall–Kier alpha value is -1.86. The summed E-state index contributed by atoms with van der Waals surface area (Å²) in [6.07, 6.45) is 0. The number of nitrogens with zero attached hydrogens (tertiary/aromatic N) is 3. The number of thioether (sulfide) groups is 1. The number of fused-ring (bicyclic) bond motifs is 1. The third kappa shape index (κ3) is 4.86. The molecule has 0 fully saturated rings. The molecule has 2 rings (SSSR count). The lowest BCUT2D eigenvalue weighted by Crippen LogP contribution is -2.34. The topological polar surface area (TPSA) is 67.2 Å². The molecule has 0 unspecified atom stereocenters. The summed E-state index contributed by atoms with van der Waals surface area (Å²) in [4.78, 5) is 32.1. The number of carbonyl (C=O) groups is 1. The number of likely N-dealkylation sites (N-methyl/N-ethyl adjacent to an activating group) is 1. The normalized spacial score (nSPS) is 12.5. The lowest BCUT2D eigenvalue weighted by Gasteiger charge is -2.21. The molecule has 0 bridgehead atoms. The highest BCUT2D eigenvalue weighted by atomic mass is 32.2. The van der Waals surface area contributed by atoms with Crippen LogP contribution < -0.4 is 10.9 Å². The fourth-order valence-corrected chi connectivity index (χ4v) is 3.70. The van der Waals surface area contributed by atoms with Gasteiger partial charge in [0.15, 0.2) is 5.16 Å². The molecule has 0 aliphatic rings. The first-order chi connectivity index (χ1) is 12.5. The van der Waals surface area contributed by atoms with E-state index in [4.69, 9.17) is 0 Å². The van der Waals surface area contributed by atoms with Gasteiger partial charge in [-0.1, -0.05) is 37.7 Å². The zero-order valence-corrected chi connectivity index (χ0v) is 16.8. The van der Waals surface area contributed by atoms with E-state index in [-0.39, 0.29) is 16.7 Å². The second kappa shape index (κ2) is 9.73. The largest absolute Gasteiger partial charge is 0.355 e. The van der Waals surface area contributed by atoms with Gasteiger partial charge in [0.05, 0.1) is 16.2 Å². The lowest BCUT2D eigenvalue weighted by molar-refractivity contribution is -0.120. The second-order valence-corrected chi connectivity index (χ2v) is 7.36. The van der Waals surface area contributed by atoms with Gasteiger partial charge in [0.2, 0.25) is 5.91 Å². The van der Waals surface area contributed by atoms with Crippen molar-refractivity contribution in [2.24, 2.45) is 0 Å². The number of hydrogen-bond donors (Lipinski definition) is 1. The Kier molecular flexibility index (Phi) is 7.66. The molecule has 1 amide bonds. The SMILES string of the molecule is CCNC(=O)[C@@H](C)Sc1nc2ccccc2c(=O)n1CCN(CC)CC. The van der Waals surface area contributed by atoms with E-state index in [9.17, 15) is 9.59 Å². The van der Waals surface area contributed by atoms with Gasteiger partial charge in [0.25, 0.3) is 5.56 Å². The Labute approximate surface area is 159 Å². The summed E-state index contributed by atoms with van der Waals surface area (Å²) in [5.41, 5.74) is 0.621. The summed E-state index contributed by atoms with van der Waals surface area (Å²) in [6, 6.07) is 7.37. The molecule has 26 heavy (non-hydrogen) atoms. The molecule has 0 radical (unpaired) electrons. The molecule has 7 heteroatoms. The Morgan fingerprint density at radius 3 is 2.62 bits per heavy atom. The van der Waals surface area contributed by atoms with Crippen LogP contribution in [0.4, 0.5) is 0 Å². The van der Waals surface area contributed by atoms with Crippen LogP contribution >= 0.6 is 11.8 Å². The number of nitrogens with one attached hydrogen (secondary N) is 1. The van der Waals surface area contributed by atoms with E-state index in [1.54, 1.807) is 10.6 Å². The third-order valence-electron chi connectivity index (χ3n) is 4.36. The van der Waals surface area contributed by atoms with E-state index < -0.39 is 0 Å². The van der Waals surface area contributed by atoms with Crippen LogP contribution in [0.2, 0.25) is 0 Å². The monoisotopic (exact) mass is 376 g/mol. The van der Waals surface area contributed by atoms with Gasteiger partial charge in [-0.2, -0.15) is 0 Å². The van der Waals surface area contributed by atoms with E-state index in [0.29, 0.717) is 29.1 Å². The highest BCUT2D eigenvalue weighted by molar-refractivity contribution is 8.00. The van der Waals surface area contributed by atoms with Crippen molar-refractivity contribution >= 4 is 28.6 Å². The fraction of sp³-hybridized carbons (Fsp3) is 0.526. The van der Waals surface area contributed by atoms with Crippen LogP contribution in [0.3, 0.4) is 0 Å². The summed E-state index contributed by atoms with van der Waals surface area (Å²) in [5, 5.41) is 3.72. The summed E-state index contributed by atoms with van der Waals surface area (Å²) in [7, 11) is 0. The van der Waals surface area contributed by atoms with Crippen molar-refractivity contribution in [3.8, 4) is 0 Å². The standard InChI is InChI=1S/C19H28N4O2S/c1-5-20-17(24)14(4)26-19-21-16-11-9-8-10-15(16)18(25)23(19)13-12-22(6-2)7-3/h8-11,14H,5-7,12-13H2,1-4H3,(H,20,24)/t14-/m1/s1. The van der Waals surface area contributed by atoms with Crippen LogP contribution in [-0.2, 0) is 11.3 Å². The second-order valence-electron chi connectivity index (χ2n) is 6.05. The number of benzene rings is 1. The predicted molar refractivity (Wildman–Crippen MR) is 108 cm³/mol. The van der Waals surface area contributed by atoms with E-state index in [2.05, 4.69) is 29.0 Å². The van der Waals surface area contributed by atoms with Gasteiger partial charge < -0.3 is 10.2 Å². The van der Waals surface area contributed by atoms with Gasteiger partial charge in [0, 0.05) is 19.6 Å². The highest BCUT2D eigenvalue weighted by Gasteiger charge is 2.19. The number of para-hydroxylation sites is 1. The molecule has 1 heterocycles. The zero-order chi connectivity index (χ0) is 19.1. The maximum Gasteiger partial charge on any atom is 0.262 e. The smallest absolute Gasteiger partial charge is 0.262 e. The highest BCUT2D eigenvalue weighted by Crippen LogP contribution is 2.22. The third-order valence-corrected chi connectivity index (χ3v) is 5.45. The number of aromatic nitrogens is 2. The van der Waals surface area contributed by atoms with Gasteiger partial charge >= 0.3 is 0 Å². The van der Waals surface area contributed by atoms with Crippen molar-refractivity contribution in [3.63, 3.8) is 0 Å². The molecule has 142 valence electrons. The molecule has 1 aromatic carbocycles. The summed E-state index contributed by atoms with van der Waals surface area (Å²) in [6.45, 7) is 11.7. The molecule has 0 aliphatic heterocycles. The molecule has 2 aromatic rings. The Bertz CT molecular complexity index is 802. The first-order valence-electron chi connectivity index (χ1n) is 9.18. The van der Waals surface area contributed by atoms with Gasteiger partial charge in [-0.3, -0.25) is 14.2 Å². The van der Waals surface area contributed by atoms with Crippen LogP contribution in [-0.4, -0.2) is 51.8 Å². The van der Waals surface area contributed by atoms with Crippen LogP contribution in [0.1, 0.15) is 27.7 Å². The summed E-state index contributed by atoms with van der Waals surface area (Å²) in [5.74, 6) is -0.0461. The van der Waals surface area contributed by atoms with Crippen molar-refractivity contribution in [2.75, 3.05) is 26.2 Å². The average Bonchev–Trinajstić information content (AvgIpc) is 2.64. The zero-order valence-electron chi connectivity index (χ0n) is 16.0. The number of hydrogen-bond acceptors (Lipinski definition) is 5. The molecule has 0 aliphatic carbocycles. The van der Waals surface area contributed by atoms with Crippen molar-refractivity contribution < 1.29 is 4.79 Å². The molecule has 6 nitrogen and oxygen atoms in total. The van der Waals surface area contributed by atoms with Gasteiger partial charge in [-0.25, -0.2) is 4.98 Å². The van der Waals surface area contributed by atoms with Gasteiger partial charge in [-0.15, -0.1) is 0 Å².